The van der Waals surface area contributed by atoms with E-state index in [-0.39, 0.29) is 11.9 Å². The highest BCUT2D eigenvalue weighted by Gasteiger charge is 2.33. The van der Waals surface area contributed by atoms with Crippen molar-refractivity contribution >= 4 is 35.1 Å². The molecule has 3 aromatic rings. The highest BCUT2D eigenvalue weighted by atomic mass is 32.2. The zero-order valence-electron chi connectivity index (χ0n) is 16.2. The molecule has 0 N–H and O–H groups in total. The number of carbonyl (C=O) groups is 1. The number of anilines is 1. The maximum absolute atomic E-state index is 13.4. The average molecular weight is 423 g/mol. The summed E-state index contributed by atoms with van der Waals surface area (Å²) in [5.41, 5.74) is 2.17. The molecule has 0 spiro atoms. The van der Waals surface area contributed by atoms with Crippen LogP contribution in [-0.2, 0) is 11.8 Å². The highest BCUT2D eigenvalue weighted by Crippen LogP contribution is 2.43. The quantitative estimate of drug-likeness (QED) is 0.560. The van der Waals surface area contributed by atoms with Crippen LogP contribution in [0.4, 0.5) is 5.69 Å². The Morgan fingerprint density at radius 3 is 2.66 bits per heavy atom. The van der Waals surface area contributed by atoms with E-state index in [4.69, 9.17) is 0 Å². The van der Waals surface area contributed by atoms with Crippen molar-refractivity contribution < 1.29 is 4.79 Å². The molecule has 148 valence electrons. The van der Waals surface area contributed by atoms with Crippen LogP contribution in [0.3, 0.4) is 0 Å². The number of hydrogen-bond acceptors (Lipinski definition) is 5. The van der Waals surface area contributed by atoms with Gasteiger partial charge in [-0.15, -0.1) is 22.0 Å². The molecular weight excluding hydrogens is 400 g/mol. The molecule has 2 aromatic carbocycles. The molecular formula is C22H22N4OS2. The Hall–Kier alpha value is -2.25. The van der Waals surface area contributed by atoms with E-state index in [0.717, 1.165) is 27.3 Å². The van der Waals surface area contributed by atoms with Crippen molar-refractivity contribution in [2.45, 2.75) is 34.9 Å². The monoisotopic (exact) mass is 422 g/mol. The Kier molecular flexibility index (Phi) is 5.09. The van der Waals surface area contributed by atoms with Gasteiger partial charge in [-0.1, -0.05) is 54.2 Å². The predicted molar refractivity (Wildman–Crippen MR) is 118 cm³/mol. The number of aromatic nitrogens is 3. The van der Waals surface area contributed by atoms with Crippen LogP contribution in [0.1, 0.15) is 36.2 Å². The normalized spacial score (nSPS) is 18.5. The molecule has 0 bridgehead atoms. The molecule has 1 aliphatic heterocycles. The maximum atomic E-state index is 13.4. The zero-order chi connectivity index (χ0) is 19.8. The van der Waals surface area contributed by atoms with Crippen LogP contribution in [0.2, 0.25) is 0 Å². The minimum absolute atomic E-state index is 0.0331. The number of rotatable bonds is 5. The lowest BCUT2D eigenvalue weighted by atomic mass is 10.1. The summed E-state index contributed by atoms with van der Waals surface area (Å²) in [5.74, 6) is 2.90. The van der Waals surface area contributed by atoms with Gasteiger partial charge in [0.1, 0.15) is 5.82 Å². The van der Waals surface area contributed by atoms with E-state index < -0.39 is 0 Å². The summed E-state index contributed by atoms with van der Waals surface area (Å²) in [6.07, 6.45) is 2.38. The summed E-state index contributed by atoms with van der Waals surface area (Å²) < 4.78 is 2.05. The number of hydrogen-bond donors (Lipinski definition) is 0. The van der Waals surface area contributed by atoms with Gasteiger partial charge in [0.05, 0.1) is 17.5 Å². The molecule has 1 saturated carbocycles. The van der Waals surface area contributed by atoms with E-state index in [9.17, 15) is 4.79 Å². The molecule has 1 amide bonds. The van der Waals surface area contributed by atoms with E-state index in [2.05, 4.69) is 28.4 Å². The first kappa shape index (κ1) is 18.8. The van der Waals surface area contributed by atoms with Gasteiger partial charge in [0, 0.05) is 23.6 Å². The van der Waals surface area contributed by atoms with Gasteiger partial charge in [0.25, 0.3) is 0 Å². The van der Waals surface area contributed by atoms with E-state index in [1.165, 1.54) is 30.2 Å². The Balaban J connectivity index is 1.40. The lowest BCUT2D eigenvalue weighted by molar-refractivity contribution is -0.116. The lowest BCUT2D eigenvalue weighted by Crippen LogP contribution is -2.39. The number of para-hydroxylation sites is 1. The summed E-state index contributed by atoms with van der Waals surface area (Å²) >= 11 is 3.29. The molecule has 5 nitrogen and oxygen atoms in total. The molecule has 0 radical (unpaired) electrons. The van der Waals surface area contributed by atoms with Gasteiger partial charge in [0.15, 0.2) is 5.16 Å². The van der Waals surface area contributed by atoms with Gasteiger partial charge in [-0.3, -0.25) is 4.79 Å². The molecule has 1 aromatic heterocycles. The summed E-state index contributed by atoms with van der Waals surface area (Å²) in [5, 5.41) is 9.46. The molecule has 0 unspecified atom stereocenters. The fourth-order valence-corrected chi connectivity index (χ4v) is 5.71. The number of fused-ring (bicyclic) bond motifs is 1. The van der Waals surface area contributed by atoms with Crippen LogP contribution in [0.15, 0.2) is 64.6 Å². The third-order valence-electron chi connectivity index (χ3n) is 5.42. The predicted octanol–water partition coefficient (Wildman–Crippen LogP) is 4.66. The second-order valence-electron chi connectivity index (χ2n) is 7.43. The van der Waals surface area contributed by atoms with Gasteiger partial charge in [-0.2, -0.15) is 0 Å². The molecule has 1 fully saturated rings. The van der Waals surface area contributed by atoms with E-state index in [1.54, 1.807) is 0 Å². The SMILES string of the molecule is Cn1c(SCC(=O)N2c3ccccc3SC[C@@H]2c2ccccc2)nnc1C1CC1. The van der Waals surface area contributed by atoms with Crippen LogP contribution >= 0.6 is 23.5 Å². The third kappa shape index (κ3) is 3.69. The van der Waals surface area contributed by atoms with Crippen LogP contribution < -0.4 is 4.90 Å². The number of thioether (sulfide) groups is 2. The minimum Gasteiger partial charge on any atom is -0.309 e. The van der Waals surface area contributed by atoms with Crippen molar-refractivity contribution in [2.24, 2.45) is 7.05 Å². The second-order valence-corrected chi connectivity index (χ2v) is 9.44. The van der Waals surface area contributed by atoms with Crippen LogP contribution in [0.5, 0.6) is 0 Å². The van der Waals surface area contributed by atoms with Gasteiger partial charge in [-0.25, -0.2) is 0 Å². The Morgan fingerprint density at radius 1 is 1.10 bits per heavy atom. The fraction of sp³-hybridized carbons (Fsp3) is 0.318. The van der Waals surface area contributed by atoms with E-state index >= 15 is 0 Å². The first-order valence-electron chi connectivity index (χ1n) is 9.83. The summed E-state index contributed by atoms with van der Waals surface area (Å²) in [6.45, 7) is 0. The summed E-state index contributed by atoms with van der Waals surface area (Å²) in [6, 6.07) is 18.5. The number of amides is 1. The molecule has 5 rings (SSSR count). The zero-order valence-corrected chi connectivity index (χ0v) is 17.8. The molecule has 2 heterocycles. The van der Waals surface area contributed by atoms with E-state index in [0.29, 0.717) is 11.7 Å². The number of benzene rings is 2. The Morgan fingerprint density at radius 2 is 1.86 bits per heavy atom. The van der Waals surface area contributed by atoms with Gasteiger partial charge < -0.3 is 9.47 Å². The van der Waals surface area contributed by atoms with Crippen molar-refractivity contribution in [3.05, 3.63) is 66.0 Å². The van der Waals surface area contributed by atoms with Crippen molar-refractivity contribution in [3.63, 3.8) is 0 Å². The van der Waals surface area contributed by atoms with Gasteiger partial charge >= 0.3 is 0 Å². The minimum atomic E-state index is 0.0331. The first-order chi connectivity index (χ1) is 14.2. The fourth-order valence-electron chi connectivity index (χ4n) is 3.76. The van der Waals surface area contributed by atoms with Crippen LogP contribution in [-0.4, -0.2) is 32.2 Å². The van der Waals surface area contributed by atoms with Crippen LogP contribution in [0, 0.1) is 0 Å². The molecule has 0 saturated heterocycles. The Bertz CT molecular complexity index is 1030. The maximum Gasteiger partial charge on any atom is 0.238 e. The van der Waals surface area contributed by atoms with Crippen molar-refractivity contribution in [2.75, 3.05) is 16.4 Å². The Labute approximate surface area is 178 Å². The van der Waals surface area contributed by atoms with Crippen molar-refractivity contribution in [1.82, 2.24) is 14.8 Å². The number of nitrogens with zero attached hydrogens (tertiary/aromatic N) is 4. The molecule has 1 aliphatic carbocycles. The molecule has 1 atom stereocenters. The molecule has 29 heavy (non-hydrogen) atoms. The van der Waals surface area contributed by atoms with Crippen LogP contribution in [0.25, 0.3) is 0 Å². The largest absolute Gasteiger partial charge is 0.309 e. The summed E-state index contributed by atoms with van der Waals surface area (Å²) in [4.78, 5) is 16.6. The first-order valence-corrected chi connectivity index (χ1v) is 11.8. The van der Waals surface area contributed by atoms with Gasteiger partial charge in [-0.05, 0) is 30.5 Å². The average Bonchev–Trinajstić information content (AvgIpc) is 3.54. The number of carbonyl (C=O) groups excluding carboxylic acids is 1. The van der Waals surface area contributed by atoms with Crippen molar-refractivity contribution in [1.29, 1.82) is 0 Å². The topological polar surface area (TPSA) is 51.0 Å². The smallest absolute Gasteiger partial charge is 0.238 e. The molecule has 7 heteroatoms. The molecule has 2 aliphatic rings. The second kappa shape index (κ2) is 7.88. The van der Waals surface area contributed by atoms with Crippen molar-refractivity contribution in [3.8, 4) is 0 Å². The third-order valence-corrected chi connectivity index (χ3v) is 7.57. The standard InChI is InChI=1S/C22H22N4OS2/c1-25-21(16-11-12-16)23-24-22(25)29-14-20(27)26-17-9-5-6-10-19(17)28-13-18(26)15-7-3-2-4-8-15/h2-10,16,18H,11-14H2,1H3/t18-/m1/s1. The van der Waals surface area contributed by atoms with E-state index in [1.807, 2.05) is 64.7 Å². The van der Waals surface area contributed by atoms with Gasteiger partial charge in [0.2, 0.25) is 5.91 Å². The lowest BCUT2D eigenvalue weighted by Gasteiger charge is -2.37. The summed E-state index contributed by atoms with van der Waals surface area (Å²) in [7, 11) is 2.00. The highest BCUT2D eigenvalue weighted by molar-refractivity contribution is 8.00.